The Labute approximate surface area is 88.8 Å². The molecule has 2 nitrogen and oxygen atoms in total. The minimum absolute atomic E-state index is 0.389. The van der Waals surface area contributed by atoms with Gasteiger partial charge in [0.25, 0.3) is 0 Å². The third kappa shape index (κ3) is 3.58. The number of nitrogens with two attached hydrogens (primary N) is 1. The van der Waals surface area contributed by atoms with E-state index in [2.05, 4.69) is 18.7 Å². The summed E-state index contributed by atoms with van der Waals surface area (Å²) in [6.07, 6.45) is 8.01. The lowest BCUT2D eigenvalue weighted by Crippen LogP contribution is -2.42. The first-order chi connectivity index (χ1) is 6.77. The number of hydrogen-bond donors (Lipinski definition) is 1. The van der Waals surface area contributed by atoms with Crippen LogP contribution in [0.25, 0.3) is 0 Å². The van der Waals surface area contributed by atoms with Gasteiger partial charge < -0.3 is 5.73 Å². The third-order valence-corrected chi connectivity index (χ3v) is 3.38. The van der Waals surface area contributed by atoms with Gasteiger partial charge in [0.15, 0.2) is 0 Å². The van der Waals surface area contributed by atoms with Crippen LogP contribution in [0.15, 0.2) is 0 Å². The fraction of sp³-hybridized carbons (Fsp3) is 1.00. The Kier molecular flexibility index (Phi) is 5.49. The van der Waals surface area contributed by atoms with E-state index >= 15 is 0 Å². The Balaban J connectivity index is 2.29. The van der Waals surface area contributed by atoms with Crippen LogP contribution in [0, 0.1) is 0 Å². The van der Waals surface area contributed by atoms with Gasteiger partial charge in [0.05, 0.1) is 0 Å². The standard InChI is InChI=1S/C12H26N2/c1-3-7-11(13)10-14(4-2)12-8-5-6-9-12/h11-12H,3-10,13H2,1-2H3. The minimum atomic E-state index is 0.389. The molecule has 0 bridgehead atoms. The third-order valence-electron chi connectivity index (χ3n) is 3.38. The monoisotopic (exact) mass is 198 g/mol. The second-order valence-corrected chi connectivity index (χ2v) is 4.57. The van der Waals surface area contributed by atoms with Crippen molar-refractivity contribution in [3.8, 4) is 0 Å². The molecule has 84 valence electrons. The Hall–Kier alpha value is -0.0800. The van der Waals surface area contributed by atoms with Crippen molar-refractivity contribution in [1.82, 2.24) is 4.90 Å². The lowest BCUT2D eigenvalue weighted by molar-refractivity contribution is 0.193. The Morgan fingerprint density at radius 3 is 2.43 bits per heavy atom. The molecule has 0 spiro atoms. The van der Waals surface area contributed by atoms with E-state index in [0.717, 1.165) is 12.6 Å². The average molecular weight is 198 g/mol. The van der Waals surface area contributed by atoms with E-state index in [0.29, 0.717) is 6.04 Å². The molecule has 0 amide bonds. The lowest BCUT2D eigenvalue weighted by Gasteiger charge is -2.29. The molecule has 14 heavy (non-hydrogen) atoms. The van der Waals surface area contributed by atoms with Crippen molar-refractivity contribution in [2.75, 3.05) is 13.1 Å². The van der Waals surface area contributed by atoms with Crippen molar-refractivity contribution in [2.24, 2.45) is 5.73 Å². The molecule has 1 aliphatic carbocycles. The fourth-order valence-electron chi connectivity index (χ4n) is 2.57. The number of rotatable bonds is 6. The van der Waals surface area contributed by atoms with Crippen molar-refractivity contribution in [2.45, 2.75) is 64.5 Å². The number of nitrogens with zero attached hydrogens (tertiary/aromatic N) is 1. The summed E-state index contributed by atoms with van der Waals surface area (Å²) in [4.78, 5) is 2.59. The highest BCUT2D eigenvalue weighted by Gasteiger charge is 2.22. The highest BCUT2D eigenvalue weighted by atomic mass is 15.2. The molecular formula is C12H26N2. The smallest absolute Gasteiger partial charge is 0.0167 e. The summed E-state index contributed by atoms with van der Waals surface area (Å²) in [6, 6.07) is 1.23. The molecule has 0 aromatic heterocycles. The van der Waals surface area contributed by atoms with E-state index in [-0.39, 0.29) is 0 Å². The van der Waals surface area contributed by atoms with Gasteiger partial charge in [-0.3, -0.25) is 4.90 Å². The highest BCUT2D eigenvalue weighted by Crippen LogP contribution is 2.23. The van der Waals surface area contributed by atoms with Gasteiger partial charge in [-0.05, 0) is 25.8 Å². The normalized spacial score (nSPS) is 20.6. The molecular weight excluding hydrogens is 172 g/mol. The predicted octanol–water partition coefficient (Wildman–Crippen LogP) is 2.38. The van der Waals surface area contributed by atoms with Crippen LogP contribution in [-0.4, -0.2) is 30.1 Å². The van der Waals surface area contributed by atoms with E-state index in [1.165, 1.54) is 45.1 Å². The number of hydrogen-bond acceptors (Lipinski definition) is 2. The van der Waals surface area contributed by atoms with Crippen molar-refractivity contribution >= 4 is 0 Å². The molecule has 0 aromatic rings. The van der Waals surface area contributed by atoms with Gasteiger partial charge in [0, 0.05) is 18.6 Å². The van der Waals surface area contributed by atoms with Gasteiger partial charge in [-0.15, -0.1) is 0 Å². The zero-order valence-electron chi connectivity index (χ0n) is 9.84. The molecule has 1 aliphatic rings. The summed E-state index contributed by atoms with van der Waals surface area (Å²) in [6.45, 7) is 6.75. The van der Waals surface area contributed by atoms with Crippen molar-refractivity contribution in [3.63, 3.8) is 0 Å². The van der Waals surface area contributed by atoms with Crippen LogP contribution in [0.4, 0.5) is 0 Å². The van der Waals surface area contributed by atoms with E-state index in [1.54, 1.807) is 0 Å². The Morgan fingerprint density at radius 2 is 1.93 bits per heavy atom. The van der Waals surface area contributed by atoms with Gasteiger partial charge in [-0.1, -0.05) is 33.1 Å². The zero-order chi connectivity index (χ0) is 10.4. The fourth-order valence-corrected chi connectivity index (χ4v) is 2.57. The van der Waals surface area contributed by atoms with E-state index < -0.39 is 0 Å². The molecule has 2 N–H and O–H groups in total. The van der Waals surface area contributed by atoms with Crippen LogP contribution >= 0.6 is 0 Å². The van der Waals surface area contributed by atoms with E-state index in [9.17, 15) is 0 Å². The summed E-state index contributed by atoms with van der Waals surface area (Å²) in [7, 11) is 0. The molecule has 0 heterocycles. The van der Waals surface area contributed by atoms with Gasteiger partial charge in [0.1, 0.15) is 0 Å². The summed E-state index contributed by atoms with van der Waals surface area (Å²) in [5.41, 5.74) is 6.09. The van der Waals surface area contributed by atoms with Crippen molar-refractivity contribution in [3.05, 3.63) is 0 Å². The van der Waals surface area contributed by atoms with E-state index in [1.807, 2.05) is 0 Å². The topological polar surface area (TPSA) is 29.3 Å². The molecule has 1 unspecified atom stereocenters. The summed E-state index contributed by atoms with van der Waals surface area (Å²) >= 11 is 0. The molecule has 1 saturated carbocycles. The van der Waals surface area contributed by atoms with Crippen LogP contribution in [0.2, 0.25) is 0 Å². The summed E-state index contributed by atoms with van der Waals surface area (Å²) < 4.78 is 0. The molecule has 0 aromatic carbocycles. The van der Waals surface area contributed by atoms with Gasteiger partial charge >= 0.3 is 0 Å². The van der Waals surface area contributed by atoms with Crippen LogP contribution in [0.5, 0.6) is 0 Å². The van der Waals surface area contributed by atoms with Gasteiger partial charge in [-0.25, -0.2) is 0 Å². The largest absolute Gasteiger partial charge is 0.327 e. The Morgan fingerprint density at radius 1 is 1.29 bits per heavy atom. The molecule has 1 atom stereocenters. The van der Waals surface area contributed by atoms with Crippen LogP contribution in [-0.2, 0) is 0 Å². The molecule has 2 heteroatoms. The predicted molar refractivity (Wildman–Crippen MR) is 62.4 cm³/mol. The molecule has 0 aliphatic heterocycles. The van der Waals surface area contributed by atoms with Gasteiger partial charge in [-0.2, -0.15) is 0 Å². The SMILES string of the molecule is CCCC(N)CN(CC)C1CCCC1. The van der Waals surface area contributed by atoms with Crippen molar-refractivity contribution < 1.29 is 0 Å². The summed E-state index contributed by atoms with van der Waals surface area (Å²) in [5, 5.41) is 0. The minimum Gasteiger partial charge on any atom is -0.327 e. The Bertz CT molecular complexity index is 141. The van der Waals surface area contributed by atoms with Crippen LogP contribution in [0.1, 0.15) is 52.4 Å². The first-order valence-electron chi connectivity index (χ1n) is 6.27. The van der Waals surface area contributed by atoms with Crippen LogP contribution in [0.3, 0.4) is 0 Å². The lowest BCUT2D eigenvalue weighted by atomic mass is 10.1. The zero-order valence-corrected chi connectivity index (χ0v) is 9.84. The maximum absolute atomic E-state index is 6.09. The molecule has 1 rings (SSSR count). The second kappa shape index (κ2) is 6.41. The van der Waals surface area contributed by atoms with Crippen molar-refractivity contribution in [1.29, 1.82) is 0 Å². The molecule has 0 saturated heterocycles. The highest BCUT2D eigenvalue weighted by molar-refractivity contribution is 4.79. The molecule has 1 fully saturated rings. The second-order valence-electron chi connectivity index (χ2n) is 4.57. The number of likely N-dealkylation sites (N-methyl/N-ethyl adjacent to an activating group) is 1. The molecule has 0 radical (unpaired) electrons. The quantitative estimate of drug-likeness (QED) is 0.710. The average Bonchev–Trinajstić information content (AvgIpc) is 2.67. The van der Waals surface area contributed by atoms with Crippen LogP contribution < -0.4 is 5.73 Å². The van der Waals surface area contributed by atoms with E-state index in [4.69, 9.17) is 5.73 Å². The first-order valence-corrected chi connectivity index (χ1v) is 6.27. The first kappa shape index (κ1) is 12.0. The maximum Gasteiger partial charge on any atom is 0.0167 e. The summed E-state index contributed by atoms with van der Waals surface area (Å²) in [5.74, 6) is 0. The maximum atomic E-state index is 6.09. The van der Waals surface area contributed by atoms with Gasteiger partial charge in [0.2, 0.25) is 0 Å².